The third-order valence-corrected chi connectivity index (χ3v) is 8.28. The van der Waals surface area contributed by atoms with Crippen molar-refractivity contribution in [2.45, 2.75) is 43.5 Å². The summed E-state index contributed by atoms with van der Waals surface area (Å²) in [5.74, 6) is 0.887. The van der Waals surface area contributed by atoms with Crippen LogP contribution in [0.1, 0.15) is 37.7 Å². The second kappa shape index (κ2) is 10.0. The minimum atomic E-state index is -3.62. The molecule has 2 aliphatic rings. The lowest BCUT2D eigenvalue weighted by molar-refractivity contribution is 0.122. The van der Waals surface area contributed by atoms with E-state index in [2.05, 4.69) is 9.62 Å². The van der Waals surface area contributed by atoms with Gasteiger partial charge in [-0.1, -0.05) is 31.4 Å². The minimum absolute atomic E-state index is 0.256. The summed E-state index contributed by atoms with van der Waals surface area (Å²) in [4.78, 5) is 2.39. The lowest BCUT2D eigenvalue weighted by atomic mass is 9.90. The van der Waals surface area contributed by atoms with E-state index in [0.717, 1.165) is 35.1 Å². The molecule has 0 radical (unpaired) electrons. The standard InChI is InChI=1S/C25H31FN4O3S/c26-21-8-6-20(7-9-21)18-30-24-11-10-22(34(31,32)27-17-19-4-2-1-3-5-19)16-23(24)25(28-30)29-12-14-33-15-13-29/h6-11,16,19,27H,1-5,12-15,17-18H2. The average molecular weight is 487 g/mol. The highest BCUT2D eigenvalue weighted by molar-refractivity contribution is 7.89. The van der Waals surface area contributed by atoms with Gasteiger partial charge < -0.3 is 9.64 Å². The Labute approximate surface area is 199 Å². The molecule has 5 rings (SSSR count). The van der Waals surface area contributed by atoms with Crippen LogP contribution >= 0.6 is 0 Å². The van der Waals surface area contributed by atoms with Gasteiger partial charge in [-0.25, -0.2) is 17.5 Å². The summed E-state index contributed by atoms with van der Waals surface area (Å²) in [5.41, 5.74) is 1.77. The molecule has 1 saturated carbocycles. The number of benzene rings is 2. The van der Waals surface area contributed by atoms with E-state index in [-0.39, 0.29) is 10.7 Å². The average Bonchev–Trinajstić information content (AvgIpc) is 3.23. The number of anilines is 1. The summed E-state index contributed by atoms with van der Waals surface area (Å²) in [6.45, 7) is 3.55. The maximum atomic E-state index is 13.4. The highest BCUT2D eigenvalue weighted by Crippen LogP contribution is 2.30. The van der Waals surface area contributed by atoms with Gasteiger partial charge in [0.05, 0.1) is 30.2 Å². The van der Waals surface area contributed by atoms with Crippen molar-refractivity contribution < 1.29 is 17.5 Å². The molecule has 2 aromatic carbocycles. The van der Waals surface area contributed by atoms with E-state index in [4.69, 9.17) is 9.84 Å². The van der Waals surface area contributed by atoms with Crippen LogP contribution in [0.15, 0.2) is 47.4 Å². The number of nitrogens with one attached hydrogen (secondary N) is 1. The Kier molecular flexibility index (Phi) is 6.85. The molecule has 1 aliphatic heterocycles. The number of hydrogen-bond acceptors (Lipinski definition) is 5. The topological polar surface area (TPSA) is 76.5 Å². The van der Waals surface area contributed by atoms with Gasteiger partial charge in [-0.3, -0.25) is 4.68 Å². The van der Waals surface area contributed by atoms with E-state index < -0.39 is 10.0 Å². The van der Waals surface area contributed by atoms with Gasteiger partial charge in [-0.05, 0) is 54.7 Å². The normalized spacial score (nSPS) is 18.0. The van der Waals surface area contributed by atoms with Crippen molar-refractivity contribution in [3.63, 3.8) is 0 Å². The van der Waals surface area contributed by atoms with Crippen molar-refractivity contribution in [3.05, 3.63) is 53.8 Å². The molecule has 0 spiro atoms. The maximum absolute atomic E-state index is 13.4. The molecule has 0 unspecified atom stereocenters. The Balaban J connectivity index is 1.46. The fourth-order valence-electron chi connectivity index (χ4n) is 4.90. The van der Waals surface area contributed by atoms with Crippen LogP contribution in [-0.4, -0.2) is 51.0 Å². The maximum Gasteiger partial charge on any atom is 0.240 e. The van der Waals surface area contributed by atoms with Gasteiger partial charge in [-0.15, -0.1) is 0 Å². The summed E-state index contributed by atoms with van der Waals surface area (Å²) in [7, 11) is -3.62. The van der Waals surface area contributed by atoms with Gasteiger partial charge in [0.2, 0.25) is 10.0 Å². The summed E-state index contributed by atoms with van der Waals surface area (Å²) < 4.78 is 49.8. The SMILES string of the molecule is O=S(=O)(NCC1CCCCC1)c1ccc2c(c1)c(N1CCOCC1)nn2Cc1ccc(F)cc1. The van der Waals surface area contributed by atoms with E-state index in [9.17, 15) is 12.8 Å². The zero-order chi connectivity index (χ0) is 23.5. The zero-order valence-electron chi connectivity index (χ0n) is 19.2. The van der Waals surface area contributed by atoms with E-state index >= 15 is 0 Å². The molecule has 2 heterocycles. The number of ether oxygens (including phenoxy) is 1. The lowest BCUT2D eigenvalue weighted by Crippen LogP contribution is -2.36. The molecule has 1 N–H and O–H groups in total. The predicted molar refractivity (Wildman–Crippen MR) is 130 cm³/mol. The highest BCUT2D eigenvalue weighted by Gasteiger charge is 2.23. The van der Waals surface area contributed by atoms with E-state index in [1.54, 1.807) is 24.3 Å². The monoisotopic (exact) mass is 486 g/mol. The Morgan fingerprint density at radius 2 is 1.76 bits per heavy atom. The van der Waals surface area contributed by atoms with Crippen LogP contribution in [0.2, 0.25) is 0 Å². The quantitative estimate of drug-likeness (QED) is 0.548. The molecule has 1 aliphatic carbocycles. The van der Waals surface area contributed by atoms with Crippen molar-refractivity contribution in [3.8, 4) is 0 Å². The van der Waals surface area contributed by atoms with Gasteiger partial charge in [0, 0.05) is 25.0 Å². The van der Waals surface area contributed by atoms with Crippen LogP contribution < -0.4 is 9.62 Å². The smallest absolute Gasteiger partial charge is 0.240 e. The Hall–Kier alpha value is -2.49. The molecule has 0 atom stereocenters. The van der Waals surface area contributed by atoms with Crippen molar-refractivity contribution in [2.24, 2.45) is 5.92 Å². The zero-order valence-corrected chi connectivity index (χ0v) is 20.1. The van der Waals surface area contributed by atoms with Crippen LogP contribution in [0.4, 0.5) is 10.2 Å². The molecule has 0 bridgehead atoms. The van der Waals surface area contributed by atoms with E-state index in [0.29, 0.717) is 45.3 Å². The fourth-order valence-corrected chi connectivity index (χ4v) is 6.04. The van der Waals surface area contributed by atoms with Crippen LogP contribution in [-0.2, 0) is 21.3 Å². The second-order valence-electron chi connectivity index (χ2n) is 9.24. The number of halogens is 1. The first-order chi connectivity index (χ1) is 16.5. The number of morpholine rings is 1. The van der Waals surface area contributed by atoms with Gasteiger partial charge in [0.15, 0.2) is 5.82 Å². The molecule has 2 fully saturated rings. The molecule has 0 amide bonds. The van der Waals surface area contributed by atoms with Crippen LogP contribution in [0.3, 0.4) is 0 Å². The van der Waals surface area contributed by atoms with Crippen LogP contribution in [0.5, 0.6) is 0 Å². The third kappa shape index (κ3) is 5.11. The second-order valence-corrected chi connectivity index (χ2v) is 11.0. The van der Waals surface area contributed by atoms with Crippen molar-refractivity contribution in [1.82, 2.24) is 14.5 Å². The first kappa shape index (κ1) is 23.3. The summed E-state index contributed by atoms with van der Waals surface area (Å²) in [5, 5.41) is 5.65. The molecule has 1 saturated heterocycles. The van der Waals surface area contributed by atoms with Crippen LogP contribution in [0, 0.1) is 11.7 Å². The van der Waals surface area contributed by atoms with Gasteiger partial charge in [-0.2, -0.15) is 5.10 Å². The Morgan fingerprint density at radius 3 is 2.50 bits per heavy atom. The molecule has 7 nitrogen and oxygen atoms in total. The number of rotatable bonds is 7. The number of hydrogen-bond donors (Lipinski definition) is 1. The number of fused-ring (bicyclic) bond motifs is 1. The van der Waals surface area contributed by atoms with E-state index in [1.165, 1.54) is 31.4 Å². The molecular formula is C25H31FN4O3S. The van der Waals surface area contributed by atoms with Crippen molar-refractivity contribution >= 4 is 26.7 Å². The molecule has 182 valence electrons. The van der Waals surface area contributed by atoms with Crippen molar-refractivity contribution in [2.75, 3.05) is 37.7 Å². The lowest BCUT2D eigenvalue weighted by Gasteiger charge is -2.27. The van der Waals surface area contributed by atoms with Crippen molar-refractivity contribution in [1.29, 1.82) is 0 Å². The predicted octanol–water partition coefficient (Wildman–Crippen LogP) is 3.92. The number of nitrogens with zero attached hydrogens (tertiary/aromatic N) is 3. The number of aromatic nitrogens is 2. The Morgan fingerprint density at radius 1 is 1.03 bits per heavy atom. The van der Waals surface area contributed by atoms with Gasteiger partial charge >= 0.3 is 0 Å². The molecule has 34 heavy (non-hydrogen) atoms. The summed E-state index contributed by atoms with van der Waals surface area (Å²) >= 11 is 0. The third-order valence-electron chi connectivity index (χ3n) is 6.86. The van der Waals surface area contributed by atoms with E-state index in [1.807, 2.05) is 10.7 Å². The molecule has 1 aromatic heterocycles. The molecule has 3 aromatic rings. The number of sulfonamides is 1. The Bertz CT molecular complexity index is 1230. The largest absolute Gasteiger partial charge is 0.378 e. The molecule has 9 heteroatoms. The first-order valence-electron chi connectivity index (χ1n) is 12.1. The summed E-state index contributed by atoms with van der Waals surface area (Å²) in [6, 6.07) is 11.6. The fraction of sp³-hybridized carbons (Fsp3) is 0.480. The first-order valence-corrected chi connectivity index (χ1v) is 13.6. The summed E-state index contributed by atoms with van der Waals surface area (Å²) in [6.07, 6.45) is 5.76. The molecular weight excluding hydrogens is 455 g/mol. The van der Waals surface area contributed by atoms with Crippen LogP contribution in [0.25, 0.3) is 10.9 Å². The van der Waals surface area contributed by atoms with Gasteiger partial charge in [0.1, 0.15) is 5.82 Å². The minimum Gasteiger partial charge on any atom is -0.378 e. The highest BCUT2D eigenvalue weighted by atomic mass is 32.2. The van der Waals surface area contributed by atoms with Gasteiger partial charge in [0.25, 0.3) is 0 Å².